The van der Waals surface area contributed by atoms with Gasteiger partial charge in [0, 0.05) is 23.4 Å². The van der Waals surface area contributed by atoms with Crippen LogP contribution in [0.1, 0.15) is 23.0 Å². The van der Waals surface area contributed by atoms with E-state index < -0.39 is 0 Å². The largest absolute Gasteiger partial charge is 0.274 e. The summed E-state index contributed by atoms with van der Waals surface area (Å²) in [6.45, 7) is 0. The highest BCUT2D eigenvalue weighted by molar-refractivity contribution is 7.14. The third-order valence-electron chi connectivity index (χ3n) is 6.55. The maximum absolute atomic E-state index is 13.4. The second-order valence-electron chi connectivity index (χ2n) is 7.48. The molecule has 2 aromatic rings. The molecule has 0 unspecified atom stereocenters. The third kappa shape index (κ3) is 1.62. The molecular formula is C21H16N2O2S. The molecule has 4 nitrogen and oxygen atoms in total. The lowest BCUT2D eigenvalue weighted by molar-refractivity contribution is -0.125. The van der Waals surface area contributed by atoms with Crippen molar-refractivity contribution in [3.63, 3.8) is 0 Å². The number of imide groups is 1. The van der Waals surface area contributed by atoms with Crippen LogP contribution in [0.5, 0.6) is 0 Å². The average molecular weight is 360 g/mol. The normalized spacial score (nSPS) is 36.2. The summed E-state index contributed by atoms with van der Waals surface area (Å²) in [4.78, 5) is 32.3. The molecular weight excluding hydrogens is 344 g/mol. The number of carbonyl (C=O) groups is 2. The van der Waals surface area contributed by atoms with E-state index in [1.54, 1.807) is 6.20 Å². The monoisotopic (exact) mass is 360 g/mol. The zero-order valence-electron chi connectivity index (χ0n) is 13.9. The Labute approximate surface area is 154 Å². The van der Waals surface area contributed by atoms with Crippen molar-refractivity contribution >= 4 is 28.3 Å². The Morgan fingerprint density at radius 2 is 1.42 bits per heavy atom. The molecule has 1 saturated carbocycles. The lowest BCUT2D eigenvalue weighted by Crippen LogP contribution is -2.49. The van der Waals surface area contributed by atoms with Crippen molar-refractivity contribution < 1.29 is 9.59 Å². The summed E-state index contributed by atoms with van der Waals surface area (Å²) < 4.78 is 0. The van der Waals surface area contributed by atoms with Crippen molar-refractivity contribution in [1.29, 1.82) is 0 Å². The fourth-order valence-corrected chi connectivity index (χ4v) is 6.39. The Morgan fingerprint density at radius 1 is 0.846 bits per heavy atom. The van der Waals surface area contributed by atoms with Gasteiger partial charge in [-0.05, 0) is 23.0 Å². The average Bonchev–Trinajstić information content (AvgIpc) is 3.29. The molecule has 2 fully saturated rings. The van der Waals surface area contributed by atoms with Crippen molar-refractivity contribution in [3.05, 3.63) is 71.3 Å². The number of benzene rings is 1. The van der Waals surface area contributed by atoms with E-state index in [0.717, 1.165) is 0 Å². The van der Waals surface area contributed by atoms with Crippen molar-refractivity contribution in [3.8, 4) is 0 Å². The SMILES string of the molecule is O=C1[C@H]2[C@H](C(=O)N1c1nccs1)[C@H]1c3ccccc3[C@@H]2[C@H]2C=CC=C[C@H]21. The minimum absolute atomic E-state index is 0.0637. The number of hydrogen-bond donors (Lipinski definition) is 0. The van der Waals surface area contributed by atoms with E-state index in [9.17, 15) is 9.59 Å². The smallest absolute Gasteiger partial charge is 0.240 e. The Bertz CT molecular complexity index is 930. The first-order chi connectivity index (χ1) is 12.8. The molecule has 5 aliphatic rings. The van der Waals surface area contributed by atoms with Crippen molar-refractivity contribution in [1.82, 2.24) is 4.98 Å². The van der Waals surface area contributed by atoms with E-state index in [1.807, 2.05) is 17.5 Å². The molecule has 5 heteroatoms. The lowest BCUT2D eigenvalue weighted by Gasteiger charge is -2.53. The van der Waals surface area contributed by atoms with Crippen LogP contribution in [0.2, 0.25) is 0 Å². The molecule has 6 atom stereocenters. The first-order valence-corrected chi connectivity index (χ1v) is 9.86. The summed E-state index contributed by atoms with van der Waals surface area (Å²) in [5.41, 5.74) is 2.50. The fourth-order valence-electron chi connectivity index (χ4n) is 5.74. The first kappa shape index (κ1) is 14.6. The van der Waals surface area contributed by atoms with Crippen LogP contribution >= 0.6 is 11.3 Å². The summed E-state index contributed by atoms with van der Waals surface area (Å²) >= 11 is 1.35. The van der Waals surface area contributed by atoms with E-state index in [0.29, 0.717) is 5.13 Å². The zero-order valence-corrected chi connectivity index (χ0v) is 14.7. The van der Waals surface area contributed by atoms with Crippen molar-refractivity contribution in [2.24, 2.45) is 23.7 Å². The highest BCUT2D eigenvalue weighted by atomic mass is 32.1. The van der Waals surface area contributed by atoms with Crippen LogP contribution in [0, 0.1) is 23.7 Å². The highest BCUT2D eigenvalue weighted by Gasteiger charge is 2.65. The maximum Gasteiger partial charge on any atom is 0.240 e. The van der Waals surface area contributed by atoms with Crippen LogP contribution in [0.3, 0.4) is 0 Å². The molecule has 1 saturated heterocycles. The van der Waals surface area contributed by atoms with E-state index >= 15 is 0 Å². The molecule has 1 aromatic carbocycles. The number of rotatable bonds is 1. The van der Waals surface area contributed by atoms with Gasteiger partial charge in [0.25, 0.3) is 0 Å². The van der Waals surface area contributed by atoms with E-state index in [4.69, 9.17) is 0 Å². The summed E-state index contributed by atoms with van der Waals surface area (Å²) in [7, 11) is 0. The summed E-state index contributed by atoms with van der Waals surface area (Å²) in [6, 6.07) is 8.39. The van der Waals surface area contributed by atoms with Gasteiger partial charge in [-0.2, -0.15) is 0 Å². The molecule has 2 heterocycles. The van der Waals surface area contributed by atoms with E-state index in [-0.39, 0.29) is 47.3 Å². The van der Waals surface area contributed by atoms with Crippen LogP contribution < -0.4 is 4.90 Å². The lowest BCUT2D eigenvalue weighted by atomic mass is 9.48. The number of carbonyl (C=O) groups excluding carboxylic acids is 2. The van der Waals surface area contributed by atoms with Gasteiger partial charge in [0.05, 0.1) is 11.8 Å². The van der Waals surface area contributed by atoms with Crippen LogP contribution in [0.4, 0.5) is 5.13 Å². The van der Waals surface area contributed by atoms with Gasteiger partial charge in [-0.3, -0.25) is 9.59 Å². The zero-order chi connectivity index (χ0) is 17.4. The van der Waals surface area contributed by atoms with Crippen molar-refractivity contribution in [2.75, 3.05) is 4.90 Å². The van der Waals surface area contributed by atoms with Gasteiger partial charge in [0.1, 0.15) is 0 Å². The number of allylic oxidation sites excluding steroid dienone is 4. The number of nitrogens with zero attached hydrogens (tertiary/aromatic N) is 2. The Hall–Kier alpha value is -2.53. The number of amides is 2. The molecule has 0 N–H and O–H groups in total. The molecule has 7 rings (SSSR count). The summed E-state index contributed by atoms with van der Waals surface area (Å²) in [6.07, 6.45) is 10.3. The molecule has 0 spiro atoms. The van der Waals surface area contributed by atoms with Crippen molar-refractivity contribution in [2.45, 2.75) is 11.8 Å². The Balaban J connectivity index is 1.57. The van der Waals surface area contributed by atoms with E-state index in [2.05, 4.69) is 41.4 Å². The molecule has 0 radical (unpaired) electrons. The number of thiazole rings is 1. The molecule has 1 aromatic heterocycles. The Morgan fingerprint density at radius 3 is 1.92 bits per heavy atom. The topological polar surface area (TPSA) is 50.3 Å². The fraction of sp³-hybridized carbons (Fsp3) is 0.286. The van der Waals surface area contributed by atoms with Gasteiger partial charge >= 0.3 is 0 Å². The van der Waals surface area contributed by atoms with Crippen LogP contribution in [-0.2, 0) is 9.59 Å². The van der Waals surface area contributed by atoms with Gasteiger partial charge in [-0.25, -0.2) is 9.88 Å². The van der Waals surface area contributed by atoms with Gasteiger partial charge in [0.15, 0.2) is 5.13 Å². The second-order valence-corrected chi connectivity index (χ2v) is 8.36. The number of anilines is 1. The molecule has 4 aliphatic carbocycles. The van der Waals surface area contributed by atoms with Crippen LogP contribution in [-0.4, -0.2) is 16.8 Å². The quantitative estimate of drug-likeness (QED) is 0.732. The number of aromatic nitrogens is 1. The summed E-state index contributed by atoms with van der Waals surface area (Å²) in [5, 5.41) is 2.32. The number of hydrogen-bond acceptors (Lipinski definition) is 4. The second kappa shape index (κ2) is 5.01. The first-order valence-electron chi connectivity index (χ1n) is 8.98. The minimum atomic E-state index is -0.274. The molecule has 26 heavy (non-hydrogen) atoms. The van der Waals surface area contributed by atoms with Crippen LogP contribution in [0.25, 0.3) is 0 Å². The highest BCUT2D eigenvalue weighted by Crippen LogP contribution is 2.64. The third-order valence-corrected chi connectivity index (χ3v) is 7.30. The van der Waals surface area contributed by atoms with Gasteiger partial charge < -0.3 is 0 Å². The minimum Gasteiger partial charge on any atom is -0.274 e. The Kier molecular flexibility index (Phi) is 2.82. The molecule has 2 bridgehead atoms. The van der Waals surface area contributed by atoms with Gasteiger partial charge in [-0.15, -0.1) is 11.3 Å². The van der Waals surface area contributed by atoms with E-state index in [1.165, 1.54) is 27.4 Å². The molecule has 2 amide bonds. The predicted octanol–water partition coefficient (Wildman–Crippen LogP) is 3.50. The molecule has 1 aliphatic heterocycles. The summed E-state index contributed by atoms with van der Waals surface area (Å²) in [5.74, 6) is 0.0139. The maximum atomic E-state index is 13.4. The molecule has 128 valence electrons. The standard InChI is InChI=1S/C21H16N2O2S/c24-19-17-15-11-5-1-2-6-12(11)16(14-8-4-3-7-13(14)15)18(17)20(25)23(19)21-22-9-10-26-21/h1-12,15-18H/t11-,12+,15-,16+,17-,18-/m1/s1. The van der Waals surface area contributed by atoms with Gasteiger partial charge in [-0.1, -0.05) is 48.6 Å². The van der Waals surface area contributed by atoms with Crippen LogP contribution in [0.15, 0.2) is 60.1 Å². The van der Waals surface area contributed by atoms with Gasteiger partial charge in [0.2, 0.25) is 11.8 Å². The predicted molar refractivity (Wildman–Crippen MR) is 98.8 cm³/mol.